The van der Waals surface area contributed by atoms with Gasteiger partial charge in [0.1, 0.15) is 0 Å². The summed E-state index contributed by atoms with van der Waals surface area (Å²) in [7, 11) is -4.00. The zero-order valence-corrected chi connectivity index (χ0v) is 14.9. The quantitative estimate of drug-likeness (QED) is 0.865. The van der Waals surface area contributed by atoms with E-state index in [1.54, 1.807) is 18.2 Å². The van der Waals surface area contributed by atoms with Crippen molar-refractivity contribution in [3.05, 3.63) is 47.5 Å². The molecule has 4 rings (SSSR count). The van der Waals surface area contributed by atoms with Crippen LogP contribution in [0.5, 0.6) is 5.75 Å². The number of hydrogen-bond acceptors (Lipinski definition) is 4. The topological polar surface area (TPSA) is 75.7 Å². The van der Waals surface area contributed by atoms with Crippen LogP contribution < -0.4 is 14.4 Å². The van der Waals surface area contributed by atoms with Crippen LogP contribution >= 0.6 is 0 Å². The van der Waals surface area contributed by atoms with Crippen molar-refractivity contribution in [2.45, 2.75) is 30.8 Å². The molecular weight excluding hydrogens is 378 g/mol. The Morgan fingerprint density at radius 1 is 1.15 bits per heavy atom. The van der Waals surface area contributed by atoms with Gasteiger partial charge in [0, 0.05) is 12.2 Å². The van der Waals surface area contributed by atoms with E-state index in [1.807, 2.05) is 0 Å². The lowest BCUT2D eigenvalue weighted by Crippen LogP contribution is -2.36. The van der Waals surface area contributed by atoms with Gasteiger partial charge in [-0.15, -0.1) is 0 Å². The first kappa shape index (κ1) is 17.7. The Labute approximate surface area is 154 Å². The van der Waals surface area contributed by atoms with E-state index in [-0.39, 0.29) is 35.2 Å². The average Bonchev–Trinajstić information content (AvgIpc) is 3.00. The van der Waals surface area contributed by atoms with E-state index in [1.165, 1.54) is 18.2 Å². The first-order valence-electron chi connectivity index (χ1n) is 8.38. The summed E-state index contributed by atoms with van der Waals surface area (Å²) in [5.74, 6) is -0.362. The highest BCUT2D eigenvalue weighted by molar-refractivity contribution is 7.92. The van der Waals surface area contributed by atoms with E-state index in [9.17, 15) is 22.0 Å². The number of carbonyl (C=O) groups excluding carboxylic acids is 1. The fraction of sp³-hybridized carbons (Fsp3) is 0.278. The van der Waals surface area contributed by atoms with Gasteiger partial charge in [0.25, 0.3) is 10.0 Å². The number of alkyl halides is 2. The standard InChI is InChI=1S/C18H16F2N2O4S/c19-18(20)26-15-5-1-3-11-4-2-8-22(17(11)15)27(24,25)13-6-7-14-12(9-13)10-16(23)21-14/h1,3,5-7,9,18H,2,4,8,10H2,(H,21,23). The predicted octanol–water partition coefficient (Wildman–Crippen LogP) is 2.92. The largest absolute Gasteiger partial charge is 0.433 e. The molecule has 0 atom stereocenters. The highest BCUT2D eigenvalue weighted by Crippen LogP contribution is 2.40. The molecule has 0 unspecified atom stereocenters. The van der Waals surface area contributed by atoms with Crippen LogP contribution in [0.15, 0.2) is 41.3 Å². The summed E-state index contributed by atoms with van der Waals surface area (Å²) in [6.45, 7) is -2.90. The third-order valence-corrected chi connectivity index (χ3v) is 6.44. The fourth-order valence-electron chi connectivity index (χ4n) is 3.50. The average molecular weight is 394 g/mol. The van der Waals surface area contributed by atoms with Crippen LogP contribution in [0.4, 0.5) is 20.2 Å². The summed E-state index contributed by atoms with van der Waals surface area (Å²) in [5, 5.41) is 2.65. The summed E-state index contributed by atoms with van der Waals surface area (Å²) in [6, 6.07) is 9.02. The van der Waals surface area contributed by atoms with Crippen molar-refractivity contribution < 1.29 is 26.7 Å². The molecule has 0 aliphatic carbocycles. The number of fused-ring (bicyclic) bond motifs is 2. The maximum absolute atomic E-state index is 13.2. The predicted molar refractivity (Wildman–Crippen MR) is 94.7 cm³/mol. The number of anilines is 2. The molecule has 0 spiro atoms. The molecule has 0 bridgehead atoms. The zero-order chi connectivity index (χ0) is 19.2. The van der Waals surface area contributed by atoms with Crippen molar-refractivity contribution in [2.24, 2.45) is 0 Å². The summed E-state index contributed by atoms with van der Waals surface area (Å²) < 4.78 is 57.8. The number of nitrogens with one attached hydrogen (secondary N) is 1. The maximum Gasteiger partial charge on any atom is 0.387 e. The second kappa shape index (κ2) is 6.49. The molecule has 2 aromatic carbocycles. The first-order valence-corrected chi connectivity index (χ1v) is 9.82. The van der Waals surface area contributed by atoms with Crippen LogP contribution in [0.1, 0.15) is 17.5 Å². The number of amides is 1. The molecule has 2 aliphatic heterocycles. The highest BCUT2D eigenvalue weighted by atomic mass is 32.2. The third-order valence-electron chi connectivity index (χ3n) is 4.65. The number of hydrogen-bond donors (Lipinski definition) is 1. The molecule has 142 valence electrons. The van der Waals surface area contributed by atoms with Crippen LogP contribution in [0.25, 0.3) is 0 Å². The molecule has 0 saturated heterocycles. The Kier molecular flexibility index (Phi) is 4.26. The summed E-state index contributed by atoms with van der Waals surface area (Å²) in [6.07, 6.45) is 1.24. The van der Waals surface area contributed by atoms with E-state index in [0.29, 0.717) is 29.7 Å². The van der Waals surface area contributed by atoms with Crippen molar-refractivity contribution in [1.82, 2.24) is 0 Å². The number of halogens is 2. The third kappa shape index (κ3) is 3.12. The van der Waals surface area contributed by atoms with Crippen molar-refractivity contribution >= 4 is 27.3 Å². The summed E-state index contributed by atoms with van der Waals surface area (Å²) in [5.41, 5.74) is 1.97. The molecule has 0 aromatic heterocycles. The first-order chi connectivity index (χ1) is 12.9. The minimum atomic E-state index is -4.00. The fourth-order valence-corrected chi connectivity index (χ4v) is 5.11. The lowest BCUT2D eigenvalue weighted by atomic mass is 10.0. The van der Waals surface area contributed by atoms with E-state index in [0.717, 1.165) is 4.31 Å². The minimum absolute atomic E-state index is 0.0115. The van der Waals surface area contributed by atoms with Gasteiger partial charge < -0.3 is 10.1 Å². The van der Waals surface area contributed by atoms with E-state index >= 15 is 0 Å². The number of ether oxygens (including phenoxy) is 1. The van der Waals surface area contributed by atoms with Crippen molar-refractivity contribution in [3.63, 3.8) is 0 Å². The molecule has 1 amide bonds. The van der Waals surface area contributed by atoms with Gasteiger partial charge in [-0.3, -0.25) is 9.10 Å². The van der Waals surface area contributed by atoms with E-state index < -0.39 is 16.6 Å². The van der Waals surface area contributed by atoms with Crippen molar-refractivity contribution in [2.75, 3.05) is 16.2 Å². The van der Waals surface area contributed by atoms with Gasteiger partial charge in [0.2, 0.25) is 5.91 Å². The van der Waals surface area contributed by atoms with Gasteiger partial charge in [-0.05, 0) is 48.2 Å². The van der Waals surface area contributed by atoms with Crippen LogP contribution in [0.3, 0.4) is 0 Å². The number of sulfonamides is 1. The van der Waals surface area contributed by atoms with Crippen LogP contribution in [-0.2, 0) is 27.7 Å². The Morgan fingerprint density at radius 2 is 1.96 bits per heavy atom. The van der Waals surface area contributed by atoms with Crippen LogP contribution in [0.2, 0.25) is 0 Å². The molecular formula is C18H16F2N2O4S. The van der Waals surface area contributed by atoms with Crippen LogP contribution in [-0.4, -0.2) is 27.5 Å². The van der Waals surface area contributed by atoms with E-state index in [2.05, 4.69) is 10.1 Å². The van der Waals surface area contributed by atoms with Crippen molar-refractivity contribution in [3.8, 4) is 5.75 Å². The molecule has 2 heterocycles. The molecule has 2 aliphatic rings. The molecule has 27 heavy (non-hydrogen) atoms. The molecule has 0 radical (unpaired) electrons. The second-order valence-corrected chi connectivity index (χ2v) is 8.23. The smallest absolute Gasteiger partial charge is 0.387 e. The van der Waals surface area contributed by atoms with Gasteiger partial charge in [-0.25, -0.2) is 8.42 Å². The van der Waals surface area contributed by atoms with Crippen LogP contribution in [0, 0.1) is 0 Å². The number of para-hydroxylation sites is 1. The van der Waals surface area contributed by atoms with Gasteiger partial charge in [0.05, 0.1) is 17.0 Å². The molecule has 1 N–H and O–H groups in total. The lowest BCUT2D eigenvalue weighted by molar-refractivity contribution is -0.115. The Morgan fingerprint density at radius 3 is 2.74 bits per heavy atom. The monoisotopic (exact) mass is 394 g/mol. The van der Waals surface area contributed by atoms with Gasteiger partial charge in [-0.2, -0.15) is 8.78 Å². The van der Waals surface area contributed by atoms with E-state index in [4.69, 9.17) is 0 Å². The van der Waals surface area contributed by atoms with Gasteiger partial charge >= 0.3 is 6.61 Å². The zero-order valence-electron chi connectivity index (χ0n) is 14.1. The van der Waals surface area contributed by atoms with Gasteiger partial charge in [-0.1, -0.05) is 12.1 Å². The number of aryl methyl sites for hydroxylation is 1. The molecule has 9 heteroatoms. The molecule has 2 aromatic rings. The number of rotatable bonds is 4. The molecule has 0 fully saturated rings. The summed E-state index contributed by atoms with van der Waals surface area (Å²) >= 11 is 0. The lowest BCUT2D eigenvalue weighted by Gasteiger charge is -2.32. The maximum atomic E-state index is 13.2. The number of carbonyl (C=O) groups is 1. The van der Waals surface area contributed by atoms with Crippen molar-refractivity contribution in [1.29, 1.82) is 0 Å². The molecule has 0 saturated carbocycles. The number of nitrogens with zero attached hydrogens (tertiary/aromatic N) is 1. The Balaban J connectivity index is 1.79. The SMILES string of the molecule is O=C1Cc2cc(S(=O)(=O)N3CCCc4cccc(OC(F)F)c43)ccc2N1. The molecule has 6 nitrogen and oxygen atoms in total. The number of benzene rings is 2. The summed E-state index contributed by atoms with van der Waals surface area (Å²) in [4.78, 5) is 11.5. The second-order valence-electron chi connectivity index (χ2n) is 6.37. The highest BCUT2D eigenvalue weighted by Gasteiger charge is 2.33. The van der Waals surface area contributed by atoms with Gasteiger partial charge in [0.15, 0.2) is 5.75 Å². The Hall–Kier alpha value is -2.68. The Bertz CT molecular complexity index is 1020. The normalized spacial score (nSPS) is 16.1. The minimum Gasteiger partial charge on any atom is -0.433 e.